The lowest BCUT2D eigenvalue weighted by Crippen LogP contribution is -2.38. The minimum absolute atomic E-state index is 0.0674. The van der Waals surface area contributed by atoms with Gasteiger partial charge in [-0.25, -0.2) is 8.42 Å². The lowest BCUT2D eigenvalue weighted by atomic mass is 10.2. The molecule has 1 heterocycles. The van der Waals surface area contributed by atoms with E-state index in [9.17, 15) is 8.42 Å². The molecule has 2 rings (SSSR count). The fourth-order valence-corrected chi connectivity index (χ4v) is 4.41. The van der Waals surface area contributed by atoms with Crippen molar-refractivity contribution < 1.29 is 8.42 Å². The summed E-state index contributed by atoms with van der Waals surface area (Å²) in [5.74, 6) is 1.85. The van der Waals surface area contributed by atoms with Crippen LogP contribution in [0.5, 0.6) is 0 Å². The van der Waals surface area contributed by atoms with E-state index < -0.39 is 10.0 Å². The Hall–Kier alpha value is -0.720. The molecule has 0 radical (unpaired) electrons. The predicted molar refractivity (Wildman–Crippen MR) is 72.4 cm³/mol. The van der Waals surface area contributed by atoms with Gasteiger partial charge in [0.05, 0.1) is 5.75 Å². The Labute approximate surface area is 106 Å². The maximum Gasteiger partial charge on any atom is 0.218 e. The van der Waals surface area contributed by atoms with Gasteiger partial charge in [0.2, 0.25) is 10.0 Å². The second-order valence-corrected chi connectivity index (χ2v) is 7.20. The van der Waals surface area contributed by atoms with Crippen molar-refractivity contribution in [1.29, 1.82) is 0 Å². The number of nitrogens with zero attached hydrogens (tertiary/aromatic N) is 1. The average molecular weight is 272 g/mol. The summed E-state index contributed by atoms with van der Waals surface area (Å²) in [5, 5.41) is 0. The standard InChI is InChI=1S/C11H16N2O2S2/c12-11-3-1-10(2-4-11)9-17(14,15)13-5-7-16-8-6-13/h1-4H,5-9,12H2. The highest BCUT2D eigenvalue weighted by Crippen LogP contribution is 2.17. The molecule has 1 aromatic carbocycles. The third-order valence-corrected chi connectivity index (χ3v) is 5.48. The third kappa shape index (κ3) is 3.37. The number of sulfonamides is 1. The number of hydrogen-bond donors (Lipinski definition) is 1. The Bertz CT molecular complexity index is 465. The molecule has 17 heavy (non-hydrogen) atoms. The number of thioether (sulfide) groups is 1. The fraction of sp³-hybridized carbons (Fsp3) is 0.455. The first-order chi connectivity index (χ1) is 8.08. The van der Waals surface area contributed by atoms with Crippen molar-refractivity contribution in [2.75, 3.05) is 30.3 Å². The van der Waals surface area contributed by atoms with E-state index in [4.69, 9.17) is 5.73 Å². The molecule has 1 aromatic rings. The van der Waals surface area contributed by atoms with Gasteiger partial charge in [-0.3, -0.25) is 0 Å². The van der Waals surface area contributed by atoms with Crippen LogP contribution in [0.25, 0.3) is 0 Å². The van der Waals surface area contributed by atoms with E-state index in [2.05, 4.69) is 0 Å². The zero-order valence-corrected chi connectivity index (χ0v) is 11.1. The maximum atomic E-state index is 12.1. The molecule has 1 fully saturated rings. The molecule has 94 valence electrons. The minimum atomic E-state index is -3.17. The molecule has 2 N–H and O–H groups in total. The molecule has 1 aliphatic rings. The predicted octanol–water partition coefficient (Wildman–Crippen LogP) is 1.15. The van der Waals surface area contributed by atoms with Crippen LogP contribution in [-0.2, 0) is 15.8 Å². The molecule has 4 nitrogen and oxygen atoms in total. The maximum absolute atomic E-state index is 12.1. The van der Waals surface area contributed by atoms with Crippen LogP contribution in [0.4, 0.5) is 5.69 Å². The van der Waals surface area contributed by atoms with Crippen molar-refractivity contribution in [2.45, 2.75) is 5.75 Å². The third-order valence-electron chi connectivity index (χ3n) is 2.69. The van der Waals surface area contributed by atoms with Gasteiger partial charge in [-0.15, -0.1) is 0 Å². The van der Waals surface area contributed by atoms with Crippen LogP contribution >= 0.6 is 11.8 Å². The van der Waals surface area contributed by atoms with Gasteiger partial charge >= 0.3 is 0 Å². The summed E-state index contributed by atoms with van der Waals surface area (Å²) in [5.41, 5.74) is 7.01. The highest BCUT2D eigenvalue weighted by Gasteiger charge is 2.24. The van der Waals surface area contributed by atoms with Gasteiger partial charge in [0, 0.05) is 30.3 Å². The summed E-state index contributed by atoms with van der Waals surface area (Å²) in [7, 11) is -3.17. The number of rotatable bonds is 3. The molecule has 1 aliphatic heterocycles. The van der Waals surface area contributed by atoms with Crippen LogP contribution in [0, 0.1) is 0 Å². The van der Waals surface area contributed by atoms with Gasteiger partial charge in [0.25, 0.3) is 0 Å². The van der Waals surface area contributed by atoms with E-state index in [0.717, 1.165) is 17.1 Å². The van der Waals surface area contributed by atoms with Crippen LogP contribution < -0.4 is 5.73 Å². The molecular weight excluding hydrogens is 256 g/mol. The van der Waals surface area contributed by atoms with E-state index in [1.807, 2.05) is 0 Å². The SMILES string of the molecule is Nc1ccc(CS(=O)(=O)N2CCSCC2)cc1. The molecule has 0 atom stereocenters. The number of anilines is 1. The molecule has 0 aromatic heterocycles. The van der Waals surface area contributed by atoms with Gasteiger partial charge in [-0.05, 0) is 17.7 Å². The van der Waals surface area contributed by atoms with Crippen molar-refractivity contribution in [3.05, 3.63) is 29.8 Å². The smallest absolute Gasteiger partial charge is 0.218 e. The average Bonchev–Trinajstić information content (AvgIpc) is 2.33. The van der Waals surface area contributed by atoms with Gasteiger partial charge < -0.3 is 5.73 Å². The number of nitrogen functional groups attached to an aromatic ring is 1. The quantitative estimate of drug-likeness (QED) is 0.838. The summed E-state index contributed by atoms with van der Waals surface area (Å²) in [6, 6.07) is 7.00. The molecule has 0 bridgehead atoms. The summed E-state index contributed by atoms with van der Waals surface area (Å²) < 4.78 is 25.8. The largest absolute Gasteiger partial charge is 0.399 e. The molecule has 0 saturated carbocycles. The zero-order valence-electron chi connectivity index (χ0n) is 9.50. The summed E-state index contributed by atoms with van der Waals surface area (Å²) in [4.78, 5) is 0. The van der Waals surface area contributed by atoms with Gasteiger partial charge in [0.15, 0.2) is 0 Å². The highest BCUT2D eigenvalue weighted by atomic mass is 32.2. The highest BCUT2D eigenvalue weighted by molar-refractivity contribution is 7.99. The topological polar surface area (TPSA) is 63.4 Å². The zero-order chi connectivity index (χ0) is 12.3. The molecule has 1 saturated heterocycles. The minimum Gasteiger partial charge on any atom is -0.399 e. The Morgan fingerprint density at radius 3 is 2.35 bits per heavy atom. The lowest BCUT2D eigenvalue weighted by molar-refractivity contribution is 0.443. The van der Waals surface area contributed by atoms with Gasteiger partial charge in [-0.2, -0.15) is 16.1 Å². The fourth-order valence-electron chi connectivity index (χ4n) is 1.74. The van der Waals surface area contributed by atoms with Crippen LogP contribution in [0.3, 0.4) is 0 Å². The van der Waals surface area contributed by atoms with E-state index in [0.29, 0.717) is 18.8 Å². The molecule has 0 spiro atoms. The molecular formula is C11H16N2O2S2. The first kappa shape index (κ1) is 12.7. The number of benzene rings is 1. The second-order valence-electron chi connectivity index (χ2n) is 4.01. The normalized spacial score (nSPS) is 18.1. The van der Waals surface area contributed by atoms with E-state index in [1.165, 1.54) is 0 Å². The summed E-state index contributed by atoms with van der Waals surface area (Å²) in [6.45, 7) is 1.25. The Balaban J connectivity index is 2.08. The van der Waals surface area contributed by atoms with E-state index in [1.54, 1.807) is 40.3 Å². The van der Waals surface area contributed by atoms with Crippen LogP contribution in [0.1, 0.15) is 5.56 Å². The Morgan fingerprint density at radius 1 is 1.18 bits per heavy atom. The van der Waals surface area contributed by atoms with Crippen LogP contribution in [0.15, 0.2) is 24.3 Å². The van der Waals surface area contributed by atoms with Crippen molar-refractivity contribution >= 4 is 27.5 Å². The van der Waals surface area contributed by atoms with Crippen molar-refractivity contribution in [2.24, 2.45) is 0 Å². The van der Waals surface area contributed by atoms with E-state index in [-0.39, 0.29) is 5.75 Å². The Kier molecular flexibility index (Phi) is 3.96. The lowest BCUT2D eigenvalue weighted by Gasteiger charge is -2.25. The molecule has 6 heteroatoms. The molecule has 0 unspecified atom stereocenters. The van der Waals surface area contributed by atoms with E-state index >= 15 is 0 Å². The monoisotopic (exact) mass is 272 g/mol. The Morgan fingerprint density at radius 2 is 1.76 bits per heavy atom. The first-order valence-corrected chi connectivity index (χ1v) is 8.24. The first-order valence-electron chi connectivity index (χ1n) is 5.48. The summed E-state index contributed by atoms with van der Waals surface area (Å²) >= 11 is 1.80. The van der Waals surface area contributed by atoms with Crippen LogP contribution in [-0.4, -0.2) is 37.3 Å². The second kappa shape index (κ2) is 5.29. The van der Waals surface area contributed by atoms with Gasteiger partial charge in [0.1, 0.15) is 0 Å². The molecule has 0 aliphatic carbocycles. The number of nitrogens with two attached hydrogens (primary N) is 1. The van der Waals surface area contributed by atoms with Crippen molar-refractivity contribution in [3.63, 3.8) is 0 Å². The van der Waals surface area contributed by atoms with Crippen LogP contribution in [0.2, 0.25) is 0 Å². The van der Waals surface area contributed by atoms with Crippen molar-refractivity contribution in [1.82, 2.24) is 4.31 Å². The summed E-state index contributed by atoms with van der Waals surface area (Å²) in [6.07, 6.45) is 0. The number of hydrogen-bond acceptors (Lipinski definition) is 4. The van der Waals surface area contributed by atoms with Gasteiger partial charge in [-0.1, -0.05) is 12.1 Å². The molecule has 0 amide bonds. The van der Waals surface area contributed by atoms with Crippen molar-refractivity contribution in [3.8, 4) is 0 Å².